The smallest absolute Gasteiger partial charge is 0.246 e. The van der Waals surface area contributed by atoms with Gasteiger partial charge in [-0.1, -0.05) is 30.3 Å². The average molecular weight is 342 g/mol. The number of nitriles is 1. The summed E-state index contributed by atoms with van der Waals surface area (Å²) >= 11 is 0. The van der Waals surface area contributed by atoms with Crippen LogP contribution >= 0.6 is 0 Å². The number of nitrogens with zero attached hydrogens (tertiary/aromatic N) is 4. The first-order valence-electron chi connectivity index (χ1n) is 8.18. The summed E-state index contributed by atoms with van der Waals surface area (Å²) in [4.78, 5) is 13.9. The van der Waals surface area contributed by atoms with Gasteiger partial charge in [-0.15, -0.1) is 0 Å². The van der Waals surface area contributed by atoms with Gasteiger partial charge in [-0.25, -0.2) is 4.68 Å². The molecule has 1 heterocycles. The summed E-state index contributed by atoms with van der Waals surface area (Å²) in [6.07, 6.45) is 6.89. The third-order valence-electron chi connectivity index (χ3n) is 3.92. The van der Waals surface area contributed by atoms with Gasteiger partial charge in [-0.05, 0) is 35.9 Å². The molecule has 0 saturated heterocycles. The number of hydrogen-bond acceptors (Lipinski definition) is 3. The van der Waals surface area contributed by atoms with E-state index in [9.17, 15) is 4.79 Å². The number of carbonyl (C=O) groups excluding carboxylic acids is 1. The van der Waals surface area contributed by atoms with Crippen LogP contribution in [0.25, 0.3) is 11.8 Å². The molecule has 0 unspecified atom stereocenters. The van der Waals surface area contributed by atoms with Crippen LogP contribution in [0.5, 0.6) is 0 Å². The number of rotatable bonds is 5. The highest BCUT2D eigenvalue weighted by atomic mass is 16.2. The van der Waals surface area contributed by atoms with Crippen molar-refractivity contribution >= 4 is 12.0 Å². The van der Waals surface area contributed by atoms with Gasteiger partial charge in [0.1, 0.15) is 0 Å². The predicted octanol–water partition coefficient (Wildman–Crippen LogP) is 3.42. The van der Waals surface area contributed by atoms with Crippen LogP contribution in [0, 0.1) is 11.3 Å². The summed E-state index contributed by atoms with van der Waals surface area (Å²) in [6, 6.07) is 19.1. The lowest BCUT2D eigenvalue weighted by Crippen LogP contribution is -2.24. The predicted molar refractivity (Wildman–Crippen MR) is 100 cm³/mol. The zero-order valence-electron chi connectivity index (χ0n) is 14.4. The molecule has 0 fully saturated rings. The highest BCUT2D eigenvalue weighted by molar-refractivity contribution is 5.91. The van der Waals surface area contributed by atoms with Gasteiger partial charge in [-0.2, -0.15) is 10.4 Å². The Morgan fingerprint density at radius 1 is 1.19 bits per heavy atom. The third-order valence-corrected chi connectivity index (χ3v) is 3.92. The Hall–Kier alpha value is -3.65. The van der Waals surface area contributed by atoms with Gasteiger partial charge in [0.15, 0.2) is 0 Å². The molecule has 2 aromatic carbocycles. The topological polar surface area (TPSA) is 61.9 Å². The van der Waals surface area contributed by atoms with Gasteiger partial charge < -0.3 is 4.90 Å². The first kappa shape index (κ1) is 17.2. The molecule has 5 heteroatoms. The Morgan fingerprint density at radius 3 is 2.62 bits per heavy atom. The van der Waals surface area contributed by atoms with E-state index in [-0.39, 0.29) is 5.91 Å². The Kier molecular flexibility index (Phi) is 5.25. The van der Waals surface area contributed by atoms with Crippen molar-refractivity contribution in [2.75, 3.05) is 7.05 Å². The number of aromatic nitrogens is 2. The number of likely N-dealkylation sites (N-methyl/N-ethyl adjacent to an activating group) is 1. The summed E-state index contributed by atoms with van der Waals surface area (Å²) in [5, 5.41) is 13.1. The van der Waals surface area contributed by atoms with Crippen LogP contribution in [0.4, 0.5) is 0 Å². The van der Waals surface area contributed by atoms with Crippen molar-refractivity contribution in [2.24, 2.45) is 0 Å². The molecule has 0 aliphatic heterocycles. The Bertz CT molecular complexity index is 950. The van der Waals surface area contributed by atoms with Crippen molar-refractivity contribution in [3.05, 3.63) is 89.8 Å². The zero-order chi connectivity index (χ0) is 18.4. The largest absolute Gasteiger partial charge is 0.338 e. The highest BCUT2D eigenvalue weighted by Gasteiger charge is 2.06. The SMILES string of the molecule is CN(Cc1ccc(C#N)cc1)C(=O)/C=C/c1cnn(-c2ccccc2)c1. The molecule has 3 rings (SSSR count). The van der Waals surface area contributed by atoms with Crippen LogP contribution in [-0.4, -0.2) is 27.6 Å². The maximum Gasteiger partial charge on any atom is 0.246 e. The van der Waals surface area contributed by atoms with E-state index in [4.69, 9.17) is 5.26 Å². The molecule has 1 aromatic heterocycles. The minimum Gasteiger partial charge on any atom is -0.338 e. The van der Waals surface area contributed by atoms with Gasteiger partial charge >= 0.3 is 0 Å². The molecule has 26 heavy (non-hydrogen) atoms. The molecule has 128 valence electrons. The summed E-state index contributed by atoms with van der Waals surface area (Å²) in [7, 11) is 1.75. The minimum absolute atomic E-state index is 0.0955. The molecule has 3 aromatic rings. The van der Waals surface area contributed by atoms with E-state index in [2.05, 4.69) is 11.2 Å². The summed E-state index contributed by atoms with van der Waals surface area (Å²) in [6.45, 7) is 0.484. The maximum absolute atomic E-state index is 12.3. The second kappa shape index (κ2) is 7.95. The lowest BCUT2D eigenvalue weighted by Gasteiger charge is -2.15. The highest BCUT2D eigenvalue weighted by Crippen LogP contribution is 2.10. The molecule has 5 nitrogen and oxygen atoms in total. The molecule has 0 aliphatic carbocycles. The van der Waals surface area contributed by atoms with E-state index < -0.39 is 0 Å². The summed E-state index contributed by atoms with van der Waals surface area (Å²) in [5.74, 6) is -0.0955. The van der Waals surface area contributed by atoms with Gasteiger partial charge in [-0.3, -0.25) is 4.79 Å². The fourth-order valence-corrected chi connectivity index (χ4v) is 2.48. The van der Waals surface area contributed by atoms with Crippen LogP contribution in [0.3, 0.4) is 0 Å². The van der Waals surface area contributed by atoms with Crippen molar-refractivity contribution in [2.45, 2.75) is 6.54 Å². The van der Waals surface area contributed by atoms with E-state index in [1.807, 2.05) is 48.7 Å². The molecule has 0 aliphatic rings. The molecule has 0 saturated carbocycles. The van der Waals surface area contributed by atoms with Crippen molar-refractivity contribution < 1.29 is 4.79 Å². The first-order chi connectivity index (χ1) is 12.7. The Morgan fingerprint density at radius 2 is 1.92 bits per heavy atom. The fraction of sp³-hybridized carbons (Fsp3) is 0.0952. The second-order valence-corrected chi connectivity index (χ2v) is 5.89. The van der Waals surface area contributed by atoms with Crippen LogP contribution in [0.15, 0.2) is 73.1 Å². The molecule has 0 bridgehead atoms. The van der Waals surface area contributed by atoms with Gasteiger partial charge in [0, 0.05) is 31.4 Å². The number of hydrogen-bond donors (Lipinski definition) is 0. The maximum atomic E-state index is 12.3. The number of para-hydroxylation sites is 1. The average Bonchev–Trinajstić information content (AvgIpc) is 3.16. The standard InChI is InChI=1S/C21H18N4O/c1-24(15-18-9-7-17(13-22)8-10-18)21(26)12-11-19-14-23-25(16-19)20-5-3-2-4-6-20/h2-12,14,16H,15H2,1H3/b12-11+. The van der Waals surface area contributed by atoms with Crippen molar-refractivity contribution in [1.29, 1.82) is 5.26 Å². The monoisotopic (exact) mass is 342 g/mol. The molecule has 0 atom stereocenters. The van der Waals surface area contributed by atoms with Crippen molar-refractivity contribution in [3.8, 4) is 11.8 Å². The fourth-order valence-electron chi connectivity index (χ4n) is 2.48. The van der Waals surface area contributed by atoms with Gasteiger partial charge in [0.05, 0.1) is 23.5 Å². The quantitative estimate of drug-likeness (QED) is 0.668. The summed E-state index contributed by atoms with van der Waals surface area (Å²) < 4.78 is 1.77. The van der Waals surface area contributed by atoms with Crippen molar-refractivity contribution in [1.82, 2.24) is 14.7 Å². The molecule has 0 spiro atoms. The van der Waals surface area contributed by atoms with Gasteiger partial charge in [0.25, 0.3) is 0 Å². The summed E-state index contributed by atoms with van der Waals surface area (Å²) in [5.41, 5.74) is 3.41. The van der Waals surface area contributed by atoms with E-state index in [0.717, 1.165) is 16.8 Å². The second-order valence-electron chi connectivity index (χ2n) is 5.89. The first-order valence-corrected chi connectivity index (χ1v) is 8.18. The third kappa shape index (κ3) is 4.25. The molecular weight excluding hydrogens is 324 g/mol. The lowest BCUT2D eigenvalue weighted by atomic mass is 10.1. The van der Waals surface area contributed by atoms with E-state index >= 15 is 0 Å². The Balaban J connectivity index is 1.61. The minimum atomic E-state index is -0.0955. The van der Waals surface area contributed by atoms with E-state index in [1.54, 1.807) is 41.0 Å². The Labute approximate surface area is 152 Å². The molecule has 0 radical (unpaired) electrons. The van der Waals surface area contributed by atoms with Crippen LogP contribution in [0.1, 0.15) is 16.7 Å². The number of amides is 1. The zero-order valence-corrected chi connectivity index (χ0v) is 14.4. The molecule has 1 amide bonds. The van der Waals surface area contributed by atoms with Crippen LogP contribution < -0.4 is 0 Å². The lowest BCUT2D eigenvalue weighted by molar-refractivity contribution is -0.125. The molecule has 0 N–H and O–H groups in total. The van der Waals surface area contributed by atoms with E-state index in [0.29, 0.717) is 12.1 Å². The number of carbonyl (C=O) groups is 1. The van der Waals surface area contributed by atoms with Crippen LogP contribution in [-0.2, 0) is 11.3 Å². The normalized spacial score (nSPS) is 10.6. The van der Waals surface area contributed by atoms with Crippen LogP contribution in [0.2, 0.25) is 0 Å². The van der Waals surface area contributed by atoms with E-state index in [1.165, 1.54) is 6.08 Å². The van der Waals surface area contributed by atoms with Gasteiger partial charge in [0.2, 0.25) is 5.91 Å². The molecular formula is C21H18N4O. The number of benzene rings is 2. The van der Waals surface area contributed by atoms with Crippen molar-refractivity contribution in [3.63, 3.8) is 0 Å².